The maximum absolute atomic E-state index is 13.3. The highest BCUT2D eigenvalue weighted by Crippen LogP contribution is 2.17. The number of rotatable bonds is 11. The Hall–Kier alpha value is -2.75. The number of carbonyl (C=O) groups is 2. The lowest BCUT2D eigenvalue weighted by Crippen LogP contribution is -2.54. The van der Waals surface area contributed by atoms with Crippen molar-refractivity contribution < 1.29 is 22.7 Å². The summed E-state index contributed by atoms with van der Waals surface area (Å²) in [6, 6.07) is 16.4. The highest BCUT2D eigenvalue weighted by Gasteiger charge is 2.33. The van der Waals surface area contributed by atoms with Crippen LogP contribution in [0.25, 0.3) is 0 Å². The molecule has 0 spiro atoms. The molecule has 184 valence electrons. The van der Waals surface area contributed by atoms with Gasteiger partial charge in [0.2, 0.25) is 21.8 Å². The summed E-state index contributed by atoms with van der Waals surface area (Å²) in [5, 5.41) is 2.93. The summed E-state index contributed by atoms with van der Waals surface area (Å²) in [5.41, 5.74) is 0.847. The quantitative estimate of drug-likeness (QED) is 0.506. The number of hydrogen-bond donors (Lipinski definition) is 2. The van der Waals surface area contributed by atoms with E-state index < -0.39 is 28.5 Å². The molecule has 1 saturated heterocycles. The van der Waals surface area contributed by atoms with Crippen LogP contribution >= 0.6 is 0 Å². The van der Waals surface area contributed by atoms with Crippen LogP contribution in [0.5, 0.6) is 0 Å². The van der Waals surface area contributed by atoms with Crippen LogP contribution in [0.1, 0.15) is 32.3 Å². The van der Waals surface area contributed by atoms with E-state index >= 15 is 0 Å². The van der Waals surface area contributed by atoms with E-state index in [0.29, 0.717) is 13.2 Å². The predicted octanol–water partition coefficient (Wildman–Crippen LogP) is 2.31. The van der Waals surface area contributed by atoms with Gasteiger partial charge in [0.25, 0.3) is 0 Å². The highest BCUT2D eigenvalue weighted by atomic mass is 32.2. The molecule has 9 heteroatoms. The first-order chi connectivity index (χ1) is 16.3. The summed E-state index contributed by atoms with van der Waals surface area (Å²) in [4.78, 5) is 28.1. The number of nitrogens with one attached hydrogen (secondary N) is 2. The lowest BCUT2D eigenvalue weighted by molar-refractivity contribution is -0.142. The second kappa shape index (κ2) is 12.1. The Labute approximate surface area is 201 Å². The summed E-state index contributed by atoms with van der Waals surface area (Å²) >= 11 is 0. The molecule has 2 aromatic carbocycles. The average Bonchev–Trinajstić information content (AvgIpc) is 3.36. The van der Waals surface area contributed by atoms with Crippen molar-refractivity contribution in [3.8, 4) is 0 Å². The molecule has 0 bridgehead atoms. The molecule has 3 rings (SSSR count). The largest absolute Gasteiger partial charge is 0.376 e. The first kappa shape index (κ1) is 25.9. The van der Waals surface area contributed by atoms with Crippen molar-refractivity contribution in [1.29, 1.82) is 0 Å². The summed E-state index contributed by atoms with van der Waals surface area (Å²) < 4.78 is 33.2. The maximum atomic E-state index is 13.3. The Morgan fingerprint density at radius 3 is 2.29 bits per heavy atom. The smallest absolute Gasteiger partial charge is 0.243 e. The lowest BCUT2D eigenvalue weighted by atomic mass is 10.00. The molecule has 2 aromatic rings. The summed E-state index contributed by atoms with van der Waals surface area (Å²) in [5.74, 6) is -0.946. The van der Waals surface area contributed by atoms with Crippen LogP contribution in [-0.2, 0) is 30.9 Å². The Morgan fingerprint density at radius 1 is 1.06 bits per heavy atom. The molecule has 1 heterocycles. The molecule has 1 aliphatic heterocycles. The molecule has 8 nitrogen and oxygen atoms in total. The Kier molecular flexibility index (Phi) is 9.20. The van der Waals surface area contributed by atoms with E-state index in [9.17, 15) is 18.0 Å². The third-order valence-electron chi connectivity index (χ3n) is 5.75. The third-order valence-corrected chi connectivity index (χ3v) is 7.16. The third kappa shape index (κ3) is 7.12. The fraction of sp³-hybridized carbons (Fsp3) is 0.440. The average molecular weight is 488 g/mol. The van der Waals surface area contributed by atoms with Crippen LogP contribution in [0.4, 0.5) is 0 Å². The minimum Gasteiger partial charge on any atom is -0.376 e. The Morgan fingerprint density at radius 2 is 1.71 bits per heavy atom. The standard InChI is InChI=1S/C25H33N3O5S/c1-19(2)24(25(30)26-16-21-12-9-15-33-21)28(18-20-10-5-3-6-11-20)23(29)17-27-34(31,32)22-13-7-4-8-14-22/h3-8,10-11,13-14,19,21,24,27H,9,12,15-18H2,1-2H3,(H,26,30)/t21-,24+/m0/s1. The Balaban J connectivity index is 1.77. The van der Waals surface area contributed by atoms with Gasteiger partial charge in [-0.15, -0.1) is 0 Å². The SMILES string of the molecule is CC(C)[C@H](C(=O)NC[C@@H]1CCCO1)N(Cc1ccccc1)C(=O)CNS(=O)(=O)c1ccccc1. The van der Waals surface area contributed by atoms with Crippen LogP contribution < -0.4 is 10.0 Å². The zero-order valence-electron chi connectivity index (χ0n) is 19.6. The molecule has 1 fully saturated rings. The molecule has 0 unspecified atom stereocenters. The molecule has 0 aromatic heterocycles. The minimum atomic E-state index is -3.86. The number of sulfonamides is 1. The second-order valence-electron chi connectivity index (χ2n) is 8.71. The van der Waals surface area contributed by atoms with Gasteiger partial charge in [-0.2, -0.15) is 0 Å². The van der Waals surface area contributed by atoms with Gasteiger partial charge < -0.3 is 15.0 Å². The van der Waals surface area contributed by atoms with E-state index in [0.717, 1.165) is 18.4 Å². The molecule has 2 N–H and O–H groups in total. The fourth-order valence-corrected chi connectivity index (χ4v) is 4.99. The lowest BCUT2D eigenvalue weighted by Gasteiger charge is -2.34. The normalized spacial score (nSPS) is 16.9. The van der Waals surface area contributed by atoms with Gasteiger partial charge in [0.05, 0.1) is 17.5 Å². The van der Waals surface area contributed by atoms with Crippen LogP contribution in [0.2, 0.25) is 0 Å². The topological polar surface area (TPSA) is 105 Å². The van der Waals surface area contributed by atoms with Crippen LogP contribution in [0.15, 0.2) is 65.6 Å². The van der Waals surface area contributed by atoms with Gasteiger partial charge in [-0.05, 0) is 36.5 Å². The van der Waals surface area contributed by atoms with E-state index in [-0.39, 0.29) is 29.4 Å². The summed E-state index contributed by atoms with van der Waals surface area (Å²) in [6.45, 7) is 4.55. The first-order valence-electron chi connectivity index (χ1n) is 11.6. The van der Waals surface area contributed by atoms with Crippen molar-refractivity contribution >= 4 is 21.8 Å². The van der Waals surface area contributed by atoms with Gasteiger partial charge in [0.1, 0.15) is 6.04 Å². The van der Waals surface area contributed by atoms with Crippen molar-refractivity contribution in [3.63, 3.8) is 0 Å². The van der Waals surface area contributed by atoms with Gasteiger partial charge >= 0.3 is 0 Å². The second-order valence-corrected chi connectivity index (χ2v) is 10.5. The van der Waals surface area contributed by atoms with Gasteiger partial charge in [0.15, 0.2) is 0 Å². The first-order valence-corrected chi connectivity index (χ1v) is 13.0. The van der Waals surface area contributed by atoms with Gasteiger partial charge in [-0.25, -0.2) is 13.1 Å². The van der Waals surface area contributed by atoms with E-state index in [4.69, 9.17) is 4.74 Å². The van der Waals surface area contributed by atoms with E-state index in [1.165, 1.54) is 17.0 Å². The van der Waals surface area contributed by atoms with Gasteiger partial charge in [0, 0.05) is 19.7 Å². The molecular formula is C25H33N3O5S. The van der Waals surface area contributed by atoms with Gasteiger partial charge in [-0.3, -0.25) is 9.59 Å². The molecule has 0 radical (unpaired) electrons. The van der Waals surface area contributed by atoms with Crippen molar-refractivity contribution in [2.24, 2.45) is 5.92 Å². The Bertz CT molecular complexity index is 1040. The van der Waals surface area contributed by atoms with Crippen LogP contribution in [0, 0.1) is 5.92 Å². The van der Waals surface area contributed by atoms with E-state index in [2.05, 4.69) is 10.0 Å². The molecule has 2 amide bonds. The van der Waals surface area contributed by atoms with Crippen molar-refractivity contribution in [2.45, 2.75) is 50.3 Å². The molecule has 0 aliphatic carbocycles. The number of ether oxygens (including phenoxy) is 1. The molecule has 1 aliphatic rings. The summed E-state index contributed by atoms with van der Waals surface area (Å²) in [7, 11) is -3.86. The number of benzene rings is 2. The van der Waals surface area contributed by atoms with Crippen molar-refractivity contribution in [3.05, 3.63) is 66.2 Å². The zero-order valence-corrected chi connectivity index (χ0v) is 20.5. The minimum absolute atomic E-state index is 0.0206. The van der Waals surface area contributed by atoms with E-state index in [1.54, 1.807) is 18.2 Å². The monoisotopic (exact) mass is 487 g/mol. The fourth-order valence-electron chi connectivity index (χ4n) is 3.99. The van der Waals surface area contributed by atoms with Crippen molar-refractivity contribution in [2.75, 3.05) is 19.7 Å². The summed E-state index contributed by atoms with van der Waals surface area (Å²) in [6.07, 6.45) is 1.84. The van der Waals surface area contributed by atoms with Crippen molar-refractivity contribution in [1.82, 2.24) is 14.9 Å². The number of nitrogens with zero attached hydrogens (tertiary/aromatic N) is 1. The molecule has 0 saturated carbocycles. The van der Waals surface area contributed by atoms with Gasteiger partial charge in [-0.1, -0.05) is 62.4 Å². The van der Waals surface area contributed by atoms with E-state index in [1.807, 2.05) is 44.2 Å². The highest BCUT2D eigenvalue weighted by molar-refractivity contribution is 7.89. The predicted molar refractivity (Wildman–Crippen MR) is 129 cm³/mol. The number of amides is 2. The zero-order chi connectivity index (χ0) is 24.6. The maximum Gasteiger partial charge on any atom is 0.243 e. The molecule has 2 atom stereocenters. The number of carbonyl (C=O) groups excluding carboxylic acids is 2. The van der Waals surface area contributed by atoms with Crippen LogP contribution in [-0.4, -0.2) is 57.0 Å². The van der Waals surface area contributed by atoms with Crippen LogP contribution in [0.3, 0.4) is 0 Å². The molecular weight excluding hydrogens is 454 g/mol. The molecule has 34 heavy (non-hydrogen) atoms. The number of hydrogen-bond acceptors (Lipinski definition) is 5.